The topological polar surface area (TPSA) is 135 Å². The smallest absolute Gasteiger partial charge is 0.240 e. The Bertz CT molecular complexity index is 858. The molecule has 0 aromatic heterocycles. The van der Waals surface area contributed by atoms with Crippen molar-refractivity contribution < 1.29 is 24.0 Å². The van der Waals surface area contributed by atoms with Crippen molar-refractivity contribution in [2.45, 2.75) is 59.0 Å². The largest absolute Gasteiger partial charge is 0.368 e. The molecule has 182 valence electrons. The number of benzene rings is 1. The third kappa shape index (κ3) is 10.9. The van der Waals surface area contributed by atoms with Crippen LogP contribution in [0, 0.1) is 5.92 Å². The number of amides is 3. The Balaban J connectivity index is 2.73. The van der Waals surface area contributed by atoms with Crippen LogP contribution in [0.25, 0.3) is 0 Å². The second-order valence-corrected chi connectivity index (χ2v) is 10.3. The van der Waals surface area contributed by atoms with Crippen LogP contribution in [-0.2, 0) is 30.4 Å². The van der Waals surface area contributed by atoms with Crippen LogP contribution in [0.2, 0.25) is 0 Å². The normalized spacial score (nSPS) is 13.6. The van der Waals surface area contributed by atoms with Gasteiger partial charge in [-0.2, -0.15) is 0 Å². The van der Waals surface area contributed by atoms with Gasteiger partial charge < -0.3 is 16.4 Å². The van der Waals surface area contributed by atoms with Crippen molar-refractivity contribution in [3.05, 3.63) is 35.4 Å². The molecule has 3 unspecified atom stereocenters. The van der Waals surface area contributed by atoms with E-state index in [1.54, 1.807) is 0 Å². The molecule has 10 heteroatoms. The lowest BCUT2D eigenvalue weighted by atomic mass is 9.97. The molecular weight excluding hydrogens is 462 g/mol. The van der Waals surface area contributed by atoms with Crippen molar-refractivity contribution in [3.8, 4) is 0 Å². The van der Waals surface area contributed by atoms with Crippen LogP contribution in [0.3, 0.4) is 0 Å². The van der Waals surface area contributed by atoms with Crippen LogP contribution in [0.5, 0.6) is 0 Å². The first kappa shape index (κ1) is 28.7. The highest BCUT2D eigenvalue weighted by molar-refractivity contribution is 8.15. The number of rotatable bonds is 12. The van der Waals surface area contributed by atoms with Gasteiger partial charge in [0.2, 0.25) is 22.8 Å². The minimum atomic E-state index is -1.01. The van der Waals surface area contributed by atoms with E-state index in [0.717, 1.165) is 35.5 Å². The zero-order valence-electron chi connectivity index (χ0n) is 19.7. The Morgan fingerprint density at radius 2 is 1.30 bits per heavy atom. The number of primary amides is 1. The molecular formula is C23H33N3O5S2. The molecule has 0 spiro atoms. The molecule has 0 bridgehead atoms. The number of carbonyl (C=O) groups excluding carboxylic acids is 5. The van der Waals surface area contributed by atoms with Crippen LogP contribution in [0.1, 0.15) is 51.7 Å². The molecule has 4 N–H and O–H groups in total. The number of carbonyl (C=O) groups is 5. The van der Waals surface area contributed by atoms with E-state index in [1.807, 2.05) is 31.2 Å². The fourth-order valence-electron chi connectivity index (χ4n) is 2.96. The summed E-state index contributed by atoms with van der Waals surface area (Å²) in [6.07, 6.45) is 0.966. The Morgan fingerprint density at radius 3 is 1.79 bits per heavy atom. The maximum Gasteiger partial charge on any atom is 0.240 e. The first-order chi connectivity index (χ1) is 15.4. The summed E-state index contributed by atoms with van der Waals surface area (Å²) in [5.74, 6) is -1.46. The molecule has 1 rings (SSSR count). The average molecular weight is 496 g/mol. The Morgan fingerprint density at radius 1 is 0.818 bits per heavy atom. The van der Waals surface area contributed by atoms with Gasteiger partial charge in [-0.25, -0.2) is 0 Å². The van der Waals surface area contributed by atoms with Crippen molar-refractivity contribution in [2.75, 3.05) is 11.5 Å². The standard InChI is InChI=1S/C23H33N3O5S2/c1-13(2)10-17-6-8-18(9-7-17)14(3)22(30)32-12-20(26-16(5)28)23(31)33-11-19(21(24)29)25-15(4)27/h6-9,13-14,19-20H,10-12H2,1-5H3,(H2,24,29)(H,25,27)(H,26,28). The van der Waals surface area contributed by atoms with Gasteiger partial charge in [0.15, 0.2) is 5.12 Å². The molecule has 0 saturated carbocycles. The van der Waals surface area contributed by atoms with Gasteiger partial charge in [0.1, 0.15) is 12.1 Å². The summed E-state index contributed by atoms with van der Waals surface area (Å²) in [5.41, 5.74) is 7.35. The summed E-state index contributed by atoms with van der Waals surface area (Å²) in [6.45, 7) is 8.62. The molecule has 3 amide bonds. The maximum atomic E-state index is 12.7. The highest BCUT2D eigenvalue weighted by Gasteiger charge is 2.26. The van der Waals surface area contributed by atoms with Gasteiger partial charge in [0.25, 0.3) is 0 Å². The van der Waals surface area contributed by atoms with Crippen molar-refractivity contribution >= 4 is 51.5 Å². The van der Waals surface area contributed by atoms with E-state index in [2.05, 4.69) is 24.5 Å². The molecule has 8 nitrogen and oxygen atoms in total. The first-order valence-electron chi connectivity index (χ1n) is 10.7. The quantitative estimate of drug-likeness (QED) is 0.403. The van der Waals surface area contributed by atoms with Crippen LogP contribution >= 0.6 is 23.5 Å². The summed E-state index contributed by atoms with van der Waals surface area (Å²) in [6, 6.07) is 6.00. The van der Waals surface area contributed by atoms with Crippen molar-refractivity contribution in [2.24, 2.45) is 11.7 Å². The van der Waals surface area contributed by atoms with E-state index in [-0.39, 0.29) is 22.5 Å². The predicted molar refractivity (Wildman–Crippen MR) is 133 cm³/mol. The summed E-state index contributed by atoms with van der Waals surface area (Å²) < 4.78 is 0. The van der Waals surface area contributed by atoms with Gasteiger partial charge in [-0.15, -0.1) is 0 Å². The third-order valence-electron chi connectivity index (χ3n) is 4.64. The molecule has 0 aliphatic heterocycles. The van der Waals surface area contributed by atoms with Gasteiger partial charge >= 0.3 is 0 Å². The Labute approximate surface area is 203 Å². The van der Waals surface area contributed by atoms with Gasteiger partial charge in [-0.3, -0.25) is 24.0 Å². The Kier molecular flexibility index (Phi) is 12.2. The van der Waals surface area contributed by atoms with Gasteiger partial charge in [-0.1, -0.05) is 68.6 Å². The number of nitrogens with two attached hydrogens (primary N) is 1. The average Bonchev–Trinajstić information content (AvgIpc) is 2.72. The molecule has 1 aromatic rings. The van der Waals surface area contributed by atoms with Crippen LogP contribution in [0.15, 0.2) is 24.3 Å². The zero-order valence-corrected chi connectivity index (χ0v) is 21.3. The molecule has 0 aliphatic rings. The zero-order chi connectivity index (χ0) is 25.1. The lowest BCUT2D eigenvalue weighted by molar-refractivity contribution is -0.125. The molecule has 0 heterocycles. The minimum Gasteiger partial charge on any atom is -0.368 e. The lowest BCUT2D eigenvalue weighted by Crippen LogP contribution is -2.46. The summed E-state index contributed by atoms with van der Waals surface area (Å²) in [7, 11) is 0. The summed E-state index contributed by atoms with van der Waals surface area (Å²) in [5, 5.41) is 4.38. The molecule has 33 heavy (non-hydrogen) atoms. The molecule has 1 aromatic carbocycles. The van der Waals surface area contributed by atoms with Crippen LogP contribution in [0.4, 0.5) is 0 Å². The highest BCUT2D eigenvalue weighted by Crippen LogP contribution is 2.24. The number of nitrogens with one attached hydrogen (secondary N) is 2. The molecule has 0 radical (unpaired) electrons. The van der Waals surface area contributed by atoms with E-state index < -0.39 is 34.9 Å². The van der Waals surface area contributed by atoms with Crippen molar-refractivity contribution in [1.29, 1.82) is 0 Å². The van der Waals surface area contributed by atoms with Crippen molar-refractivity contribution in [1.82, 2.24) is 10.6 Å². The van der Waals surface area contributed by atoms with E-state index >= 15 is 0 Å². The molecule has 0 aliphatic carbocycles. The van der Waals surface area contributed by atoms with E-state index in [1.165, 1.54) is 19.4 Å². The fraction of sp³-hybridized carbons (Fsp3) is 0.522. The monoisotopic (exact) mass is 495 g/mol. The fourth-order valence-corrected chi connectivity index (χ4v) is 4.94. The third-order valence-corrected chi connectivity index (χ3v) is 6.85. The van der Waals surface area contributed by atoms with E-state index in [9.17, 15) is 24.0 Å². The lowest BCUT2D eigenvalue weighted by Gasteiger charge is -2.19. The van der Waals surface area contributed by atoms with Gasteiger partial charge in [0, 0.05) is 25.4 Å². The number of hydrogen-bond donors (Lipinski definition) is 3. The first-order valence-corrected chi connectivity index (χ1v) is 12.6. The van der Waals surface area contributed by atoms with Gasteiger partial charge in [0.05, 0.1) is 5.92 Å². The summed E-state index contributed by atoms with van der Waals surface area (Å²) in [4.78, 5) is 59.6. The highest BCUT2D eigenvalue weighted by atomic mass is 32.2. The molecule has 0 saturated heterocycles. The Hall–Kier alpha value is -2.33. The predicted octanol–water partition coefficient (Wildman–Crippen LogP) is 2.00. The second-order valence-electron chi connectivity index (χ2n) is 8.23. The van der Waals surface area contributed by atoms with E-state index in [4.69, 9.17) is 5.73 Å². The maximum absolute atomic E-state index is 12.7. The summed E-state index contributed by atoms with van der Waals surface area (Å²) >= 11 is 1.75. The molecule has 3 atom stereocenters. The van der Waals surface area contributed by atoms with Crippen LogP contribution in [-0.4, -0.2) is 51.5 Å². The number of thioether (sulfide) groups is 2. The number of hydrogen-bond acceptors (Lipinski definition) is 7. The SMILES string of the molecule is CC(=O)NC(CSC(=O)C(CSC(=O)C(C)c1ccc(CC(C)C)cc1)NC(C)=O)C(N)=O. The van der Waals surface area contributed by atoms with Crippen LogP contribution < -0.4 is 16.4 Å². The second kappa shape index (κ2) is 14.0. The molecule has 0 fully saturated rings. The van der Waals surface area contributed by atoms with Crippen molar-refractivity contribution in [3.63, 3.8) is 0 Å². The van der Waals surface area contributed by atoms with Gasteiger partial charge in [-0.05, 0) is 23.5 Å². The van der Waals surface area contributed by atoms with E-state index in [0.29, 0.717) is 5.92 Å². The minimum absolute atomic E-state index is 0.0569.